The third kappa shape index (κ3) is 9.39. The van der Waals surface area contributed by atoms with E-state index < -0.39 is 30.0 Å². The summed E-state index contributed by atoms with van der Waals surface area (Å²) >= 11 is 1.55. The van der Waals surface area contributed by atoms with Gasteiger partial charge in [-0.05, 0) is 143 Å². The second-order valence-electron chi connectivity index (χ2n) is 23.3. The summed E-state index contributed by atoms with van der Waals surface area (Å²) in [5, 5.41) is 29.2. The first kappa shape index (κ1) is 49.3. The number of rotatable bonds is 15. The number of pyridine rings is 1. The number of benzene rings is 2. The number of carboxylic acid groups (broad SMARTS) is 1. The Morgan fingerprint density at radius 1 is 0.901 bits per heavy atom. The van der Waals surface area contributed by atoms with Gasteiger partial charge in [0.25, 0.3) is 10.1 Å². The lowest BCUT2D eigenvalue weighted by Crippen LogP contribution is -2.64. The van der Waals surface area contributed by atoms with E-state index in [0.29, 0.717) is 41.2 Å². The van der Waals surface area contributed by atoms with Gasteiger partial charge in [-0.25, -0.2) is 14.8 Å². The topological polar surface area (TPSA) is 184 Å². The average Bonchev–Trinajstić information content (AvgIpc) is 3.85. The van der Waals surface area contributed by atoms with Gasteiger partial charge in [-0.15, -0.1) is 10.2 Å². The Morgan fingerprint density at radius 2 is 1.63 bits per heavy atom. The molecule has 2 atom stereocenters. The third-order valence-electron chi connectivity index (χ3n) is 16.1. The molecule has 6 aromatic rings. The van der Waals surface area contributed by atoms with Crippen molar-refractivity contribution in [1.82, 2.24) is 29.9 Å². The van der Waals surface area contributed by atoms with E-state index in [-0.39, 0.29) is 45.1 Å². The first-order chi connectivity index (χ1) is 33.4. The standard InChI is InChI=1S/C53H66N8O7S2Si/c1-33-13-16-37(17-14-33)70(64,65)67-23-22-66-53-29-50(7)26-51(8,30-53)28-52(27-50,31-53)32-61-35(3)40(25-54-61)39-18-20-43(56-44(39)47(62)63)60-21-11-12-38-34(2)45(58-59-46(38)60)57-48-55-41-24-36(15-19-42(41)69-48)68-71(9,10)49(4,5)6/h13-20,24-25H,11-12,21-23,26-32H2,1-10H3,(H,62,63)(H,55,57,58). The molecule has 11 rings (SSSR count). The number of hydrogen-bond donors (Lipinski definition) is 2. The molecular formula is C53H66N8O7S2Si. The van der Waals surface area contributed by atoms with Gasteiger partial charge in [-0.1, -0.05) is 63.7 Å². The van der Waals surface area contributed by atoms with Crippen molar-refractivity contribution in [2.75, 3.05) is 30.0 Å². The van der Waals surface area contributed by atoms with Gasteiger partial charge < -0.3 is 24.5 Å². The van der Waals surface area contributed by atoms with Gasteiger partial charge >= 0.3 is 5.97 Å². The number of hydrogen-bond acceptors (Lipinski definition) is 14. The Morgan fingerprint density at radius 3 is 2.34 bits per heavy atom. The zero-order valence-corrected chi connectivity index (χ0v) is 45.2. The monoisotopic (exact) mass is 1020 g/mol. The van der Waals surface area contributed by atoms with E-state index >= 15 is 0 Å². The molecule has 4 aromatic heterocycles. The van der Waals surface area contributed by atoms with Gasteiger partial charge in [-0.2, -0.15) is 13.5 Å². The summed E-state index contributed by atoms with van der Waals surface area (Å²) in [5.74, 6) is 1.49. The molecule has 0 amide bonds. The quantitative estimate of drug-likeness (QED) is 0.0562. The highest BCUT2D eigenvalue weighted by molar-refractivity contribution is 7.86. The fourth-order valence-corrected chi connectivity index (χ4v) is 15.7. The van der Waals surface area contributed by atoms with E-state index in [1.54, 1.807) is 41.8 Å². The van der Waals surface area contributed by atoms with Crippen LogP contribution in [0.1, 0.15) is 112 Å². The molecule has 5 aliphatic rings. The zero-order chi connectivity index (χ0) is 50.5. The molecule has 4 saturated carbocycles. The van der Waals surface area contributed by atoms with Crippen LogP contribution in [0.4, 0.5) is 22.6 Å². The van der Waals surface area contributed by atoms with Gasteiger partial charge in [-0.3, -0.25) is 8.86 Å². The van der Waals surface area contributed by atoms with E-state index in [9.17, 15) is 18.3 Å². The van der Waals surface area contributed by atoms with Crippen LogP contribution in [-0.4, -0.2) is 83.1 Å². The minimum Gasteiger partial charge on any atom is -0.543 e. The van der Waals surface area contributed by atoms with Crippen LogP contribution in [0.5, 0.6) is 5.75 Å². The fourth-order valence-electron chi connectivity index (χ4n) is 13.0. The molecule has 15 nitrogen and oxygen atoms in total. The predicted molar refractivity (Wildman–Crippen MR) is 279 cm³/mol. The largest absolute Gasteiger partial charge is 0.543 e. The van der Waals surface area contributed by atoms with Crippen LogP contribution < -0.4 is 14.6 Å². The van der Waals surface area contributed by atoms with Crippen LogP contribution >= 0.6 is 11.3 Å². The molecule has 18 heteroatoms. The SMILES string of the molecule is Cc1ccc(S(=O)(=O)OCCOC23CC4(C)CC(C)(CC(Cn5ncc(-c6ccc(N7CCCc8c7nnc(Nc7nc9cc(O[Si](C)(C)C(C)(C)C)ccc9s7)c8C)nc6C(=O)O)c5C)(C4)C2)C3)cc1. The molecule has 4 fully saturated rings. The maximum Gasteiger partial charge on any atom is 0.355 e. The van der Waals surface area contributed by atoms with Crippen molar-refractivity contribution in [3.63, 3.8) is 0 Å². The molecule has 0 saturated heterocycles. The van der Waals surface area contributed by atoms with Crippen molar-refractivity contribution in [3.05, 3.63) is 88.9 Å². The minimum atomic E-state index is -3.90. The lowest BCUT2D eigenvalue weighted by Gasteiger charge is -2.69. The number of ether oxygens (including phenoxy) is 1. The Labute approximate surface area is 422 Å². The smallest absolute Gasteiger partial charge is 0.355 e. The summed E-state index contributed by atoms with van der Waals surface area (Å²) < 4.78 is 47.8. The van der Waals surface area contributed by atoms with E-state index in [0.717, 1.165) is 95.3 Å². The van der Waals surface area contributed by atoms with Crippen LogP contribution in [-0.2, 0) is 32.0 Å². The number of aromatic nitrogens is 6. The molecule has 0 spiro atoms. The number of aromatic carboxylic acids is 1. The number of nitrogens with one attached hydrogen (secondary N) is 1. The van der Waals surface area contributed by atoms with Crippen molar-refractivity contribution in [2.24, 2.45) is 16.2 Å². The fraction of sp³-hybridized carbons (Fsp3) is 0.509. The molecule has 2 N–H and O–H groups in total. The number of aryl methyl sites for hydroxylation is 1. The van der Waals surface area contributed by atoms with E-state index in [1.165, 1.54) is 0 Å². The van der Waals surface area contributed by atoms with Gasteiger partial charge in [0, 0.05) is 47.1 Å². The summed E-state index contributed by atoms with van der Waals surface area (Å²) in [6.07, 6.45) is 9.20. The van der Waals surface area contributed by atoms with Crippen LogP contribution in [0.15, 0.2) is 65.7 Å². The number of carbonyl (C=O) groups is 1. The van der Waals surface area contributed by atoms with Gasteiger partial charge in [0.2, 0.25) is 8.32 Å². The summed E-state index contributed by atoms with van der Waals surface area (Å²) in [7, 11) is -5.92. The Balaban J connectivity index is 0.854. The normalized spacial score (nSPS) is 24.1. The van der Waals surface area contributed by atoms with Gasteiger partial charge in [0.1, 0.15) is 11.6 Å². The number of thiazole rings is 1. The summed E-state index contributed by atoms with van der Waals surface area (Å²) in [6, 6.07) is 16.5. The van der Waals surface area contributed by atoms with Crippen LogP contribution in [0, 0.1) is 37.0 Å². The molecule has 4 bridgehead atoms. The molecule has 2 unspecified atom stereocenters. The molecule has 4 aliphatic carbocycles. The highest BCUT2D eigenvalue weighted by Gasteiger charge is 2.66. The molecule has 0 radical (unpaired) electrons. The second kappa shape index (κ2) is 17.5. The lowest BCUT2D eigenvalue weighted by molar-refractivity contribution is -0.249. The van der Waals surface area contributed by atoms with E-state index in [1.807, 2.05) is 54.6 Å². The summed E-state index contributed by atoms with van der Waals surface area (Å²) in [5.41, 5.74) is 5.43. The summed E-state index contributed by atoms with van der Waals surface area (Å²) in [4.78, 5) is 24.9. The van der Waals surface area contributed by atoms with Gasteiger partial charge in [0.05, 0.1) is 40.1 Å². The zero-order valence-electron chi connectivity index (χ0n) is 42.6. The Bertz CT molecular complexity index is 3170. The van der Waals surface area contributed by atoms with Crippen molar-refractivity contribution in [2.45, 2.75) is 142 Å². The number of fused-ring (bicyclic) bond motifs is 2. The van der Waals surface area contributed by atoms with E-state index in [2.05, 4.69) is 64.2 Å². The first-order valence-corrected chi connectivity index (χ1v) is 29.9. The van der Waals surface area contributed by atoms with Crippen LogP contribution in [0.3, 0.4) is 0 Å². The highest BCUT2D eigenvalue weighted by atomic mass is 32.2. The molecule has 2 aromatic carbocycles. The van der Waals surface area contributed by atoms with E-state index in [4.69, 9.17) is 33.5 Å². The number of nitrogens with zero attached hydrogens (tertiary/aromatic N) is 7. The molecule has 5 heterocycles. The Kier molecular flexibility index (Phi) is 12.1. The molecule has 1 aliphatic heterocycles. The van der Waals surface area contributed by atoms with Gasteiger partial charge in [0.15, 0.2) is 22.5 Å². The van der Waals surface area contributed by atoms with Crippen molar-refractivity contribution in [1.29, 1.82) is 0 Å². The summed E-state index contributed by atoms with van der Waals surface area (Å²) in [6.45, 7) is 23.2. The minimum absolute atomic E-state index is 0.0501. The average molecular weight is 1020 g/mol. The number of carboxylic acids is 1. The maximum atomic E-state index is 13.1. The molecule has 71 heavy (non-hydrogen) atoms. The predicted octanol–water partition coefficient (Wildman–Crippen LogP) is 11.7. The first-order valence-electron chi connectivity index (χ1n) is 24.7. The van der Waals surface area contributed by atoms with Crippen molar-refractivity contribution >= 4 is 68.5 Å². The maximum absolute atomic E-state index is 13.1. The number of anilines is 4. The Hall–Kier alpha value is -5.27. The molecule has 376 valence electrons. The highest BCUT2D eigenvalue weighted by Crippen LogP contribution is 2.72. The second-order valence-corrected chi connectivity index (χ2v) is 30.7. The van der Waals surface area contributed by atoms with Crippen molar-refractivity contribution < 1.29 is 31.7 Å². The molecular weight excluding hydrogens is 953 g/mol. The van der Waals surface area contributed by atoms with Crippen molar-refractivity contribution in [3.8, 4) is 16.9 Å². The van der Waals surface area contributed by atoms with Crippen LogP contribution in [0.2, 0.25) is 18.1 Å². The third-order valence-corrected chi connectivity index (χ3v) is 22.7. The van der Waals surface area contributed by atoms with Crippen LogP contribution in [0.25, 0.3) is 21.3 Å². The lowest BCUT2D eigenvalue weighted by atomic mass is 9.39.